The van der Waals surface area contributed by atoms with Gasteiger partial charge in [0, 0.05) is 31.2 Å². The molecule has 0 bridgehead atoms. The maximum atomic E-state index is 12.8. The molecule has 27 heavy (non-hydrogen) atoms. The van der Waals surface area contributed by atoms with Gasteiger partial charge in [0.25, 0.3) is 5.91 Å². The van der Waals surface area contributed by atoms with E-state index in [2.05, 4.69) is 24.1 Å². The Morgan fingerprint density at radius 3 is 2.70 bits per heavy atom. The van der Waals surface area contributed by atoms with E-state index in [1.54, 1.807) is 0 Å². The Morgan fingerprint density at radius 2 is 2.04 bits per heavy atom. The first-order chi connectivity index (χ1) is 12.7. The van der Waals surface area contributed by atoms with Gasteiger partial charge in [-0.3, -0.25) is 4.79 Å². The Bertz CT molecular complexity index is 936. The lowest BCUT2D eigenvalue weighted by Gasteiger charge is -2.30. The van der Waals surface area contributed by atoms with Crippen LogP contribution in [-0.4, -0.2) is 53.4 Å². The van der Waals surface area contributed by atoms with Crippen LogP contribution in [0.1, 0.15) is 55.8 Å². The molecule has 148 valence electrons. The van der Waals surface area contributed by atoms with Gasteiger partial charge >= 0.3 is 0 Å². The molecule has 0 spiro atoms. The van der Waals surface area contributed by atoms with Crippen molar-refractivity contribution in [2.45, 2.75) is 45.6 Å². The van der Waals surface area contributed by atoms with E-state index in [1.807, 2.05) is 35.7 Å². The lowest BCUT2D eigenvalue weighted by Crippen LogP contribution is -2.39. The minimum absolute atomic E-state index is 0.0348. The topological polar surface area (TPSA) is 83.8 Å². The number of fused-ring (bicyclic) bond motifs is 1. The zero-order valence-electron chi connectivity index (χ0n) is 16.3. The van der Waals surface area contributed by atoms with Crippen molar-refractivity contribution in [3.8, 4) is 0 Å². The van der Waals surface area contributed by atoms with Crippen LogP contribution >= 0.6 is 0 Å². The third kappa shape index (κ3) is 4.16. The molecular formula is C19H28N4O3S. The molecule has 3 heterocycles. The lowest BCUT2D eigenvalue weighted by atomic mass is 9.99. The van der Waals surface area contributed by atoms with Gasteiger partial charge in [-0.15, -0.1) is 0 Å². The normalized spacial score (nSPS) is 20.1. The molecule has 1 amide bonds. The maximum Gasteiger partial charge on any atom is 0.272 e. The molecule has 3 rings (SSSR count). The van der Waals surface area contributed by atoms with E-state index in [0.717, 1.165) is 24.2 Å². The van der Waals surface area contributed by atoms with Crippen molar-refractivity contribution in [3.63, 3.8) is 0 Å². The van der Waals surface area contributed by atoms with E-state index in [0.29, 0.717) is 24.7 Å². The Morgan fingerprint density at radius 1 is 1.30 bits per heavy atom. The molecule has 2 atom stereocenters. The number of hydrogen-bond acceptors (Lipinski definition) is 4. The highest BCUT2D eigenvalue weighted by atomic mass is 32.2. The Balaban J connectivity index is 1.96. The van der Waals surface area contributed by atoms with E-state index in [4.69, 9.17) is 0 Å². The molecule has 0 aliphatic carbocycles. The third-order valence-corrected chi connectivity index (χ3v) is 6.64. The van der Waals surface area contributed by atoms with E-state index in [-0.39, 0.29) is 17.9 Å². The van der Waals surface area contributed by atoms with Gasteiger partial charge in [-0.2, -0.15) is 0 Å². The molecule has 2 aromatic heterocycles. The monoisotopic (exact) mass is 392 g/mol. The second-order valence-corrected chi connectivity index (χ2v) is 9.72. The quantitative estimate of drug-likeness (QED) is 0.846. The molecular weight excluding hydrogens is 364 g/mol. The molecule has 1 aliphatic rings. The number of amides is 1. The predicted molar refractivity (Wildman–Crippen MR) is 105 cm³/mol. The lowest BCUT2D eigenvalue weighted by molar-refractivity contribution is 0.0927. The number of nitrogens with one attached hydrogen (secondary N) is 1. The summed E-state index contributed by atoms with van der Waals surface area (Å²) in [5.41, 5.74) is 1.15. The van der Waals surface area contributed by atoms with Crippen molar-refractivity contribution in [2.24, 2.45) is 5.92 Å². The van der Waals surface area contributed by atoms with Gasteiger partial charge < -0.3 is 9.72 Å². The summed E-state index contributed by atoms with van der Waals surface area (Å²) in [6, 6.07) is 5.69. The van der Waals surface area contributed by atoms with Gasteiger partial charge in [-0.05, 0) is 37.8 Å². The summed E-state index contributed by atoms with van der Waals surface area (Å²) in [5.74, 6) is 0.847. The highest BCUT2D eigenvalue weighted by molar-refractivity contribution is 7.88. The Hall–Kier alpha value is -1.93. The van der Waals surface area contributed by atoms with Crippen molar-refractivity contribution < 1.29 is 13.2 Å². The van der Waals surface area contributed by atoms with Gasteiger partial charge in [0.2, 0.25) is 10.0 Å². The number of rotatable bonds is 5. The Labute approximate surface area is 160 Å². The molecule has 2 aromatic rings. The van der Waals surface area contributed by atoms with Crippen molar-refractivity contribution in [3.05, 3.63) is 35.9 Å². The highest BCUT2D eigenvalue weighted by Gasteiger charge is 2.31. The number of pyridine rings is 1. The van der Waals surface area contributed by atoms with Crippen LogP contribution in [0.4, 0.5) is 0 Å². The summed E-state index contributed by atoms with van der Waals surface area (Å²) in [7, 11) is -3.24. The summed E-state index contributed by atoms with van der Waals surface area (Å²) < 4.78 is 27.3. The minimum Gasteiger partial charge on any atom is -0.348 e. The first kappa shape index (κ1) is 19.8. The van der Waals surface area contributed by atoms with Crippen LogP contribution < -0.4 is 5.32 Å². The zero-order valence-corrected chi connectivity index (χ0v) is 17.2. The largest absolute Gasteiger partial charge is 0.348 e. The van der Waals surface area contributed by atoms with Crippen molar-refractivity contribution in [1.82, 2.24) is 19.0 Å². The average molecular weight is 393 g/mol. The third-order valence-electron chi connectivity index (χ3n) is 5.37. The number of piperidine rings is 1. The molecule has 0 saturated carbocycles. The molecule has 0 aromatic carbocycles. The first-order valence-electron chi connectivity index (χ1n) is 9.41. The number of sulfonamides is 1. The number of aromatic nitrogens is 2. The molecule has 8 heteroatoms. The van der Waals surface area contributed by atoms with Crippen LogP contribution in [0.5, 0.6) is 0 Å². The summed E-state index contributed by atoms with van der Waals surface area (Å²) >= 11 is 0. The van der Waals surface area contributed by atoms with E-state index in [1.165, 1.54) is 10.6 Å². The number of hydrogen-bond donors (Lipinski definition) is 1. The summed E-state index contributed by atoms with van der Waals surface area (Å²) in [6.45, 7) is 7.04. The van der Waals surface area contributed by atoms with Gasteiger partial charge in [0.1, 0.15) is 5.82 Å². The fourth-order valence-electron chi connectivity index (χ4n) is 3.41. The summed E-state index contributed by atoms with van der Waals surface area (Å²) in [5, 5.41) is 3.02. The van der Waals surface area contributed by atoms with Crippen LogP contribution in [0.15, 0.2) is 24.4 Å². The standard InChI is InChI=1S/C19H28N4O3S/c1-13(2)14(3)20-19(24)17-16-9-5-6-11-23(16)18(21-17)15-8-7-10-22(12-15)27(4,25)26/h5-6,9,11,13-15H,7-8,10,12H2,1-4H3,(H,20,24)/t14-,15-/m1/s1. The van der Waals surface area contributed by atoms with Crippen LogP contribution in [0.3, 0.4) is 0 Å². The number of carbonyl (C=O) groups is 1. The average Bonchev–Trinajstić information content (AvgIpc) is 3.01. The molecule has 0 radical (unpaired) electrons. The SMILES string of the molecule is CC(C)[C@@H](C)NC(=O)c1nc([C@@H]2CCCN(S(C)(=O)=O)C2)n2ccccc12. The van der Waals surface area contributed by atoms with Crippen LogP contribution in [0, 0.1) is 5.92 Å². The number of carbonyl (C=O) groups excluding carboxylic acids is 1. The van der Waals surface area contributed by atoms with E-state index >= 15 is 0 Å². The maximum absolute atomic E-state index is 12.8. The minimum atomic E-state index is -3.24. The molecule has 1 fully saturated rings. The summed E-state index contributed by atoms with van der Waals surface area (Å²) in [4.78, 5) is 17.5. The number of nitrogens with zero attached hydrogens (tertiary/aromatic N) is 3. The molecule has 1 aliphatic heterocycles. The fraction of sp³-hybridized carbons (Fsp3) is 0.579. The van der Waals surface area contributed by atoms with E-state index in [9.17, 15) is 13.2 Å². The van der Waals surface area contributed by atoms with Crippen molar-refractivity contribution >= 4 is 21.4 Å². The molecule has 1 N–H and O–H groups in total. The summed E-state index contributed by atoms with van der Waals surface area (Å²) in [6.07, 6.45) is 4.76. The molecule has 7 nitrogen and oxygen atoms in total. The molecule has 0 unspecified atom stereocenters. The smallest absolute Gasteiger partial charge is 0.272 e. The second-order valence-electron chi connectivity index (χ2n) is 7.74. The predicted octanol–water partition coefficient (Wildman–Crippen LogP) is 2.25. The van der Waals surface area contributed by atoms with E-state index < -0.39 is 10.0 Å². The van der Waals surface area contributed by atoms with Gasteiger partial charge in [0.15, 0.2) is 5.69 Å². The van der Waals surface area contributed by atoms with Crippen LogP contribution in [0.25, 0.3) is 5.52 Å². The zero-order chi connectivity index (χ0) is 19.8. The van der Waals surface area contributed by atoms with Crippen molar-refractivity contribution in [1.29, 1.82) is 0 Å². The van der Waals surface area contributed by atoms with Gasteiger partial charge in [-0.25, -0.2) is 17.7 Å². The first-order valence-corrected chi connectivity index (χ1v) is 11.3. The second kappa shape index (κ2) is 7.59. The highest BCUT2D eigenvalue weighted by Crippen LogP contribution is 2.29. The molecule has 1 saturated heterocycles. The van der Waals surface area contributed by atoms with Gasteiger partial charge in [0.05, 0.1) is 11.8 Å². The van der Waals surface area contributed by atoms with Crippen molar-refractivity contribution in [2.75, 3.05) is 19.3 Å². The van der Waals surface area contributed by atoms with Crippen LogP contribution in [-0.2, 0) is 10.0 Å². The van der Waals surface area contributed by atoms with Crippen LogP contribution in [0.2, 0.25) is 0 Å². The van der Waals surface area contributed by atoms with Gasteiger partial charge in [-0.1, -0.05) is 19.9 Å². The number of imidazole rings is 1. The Kier molecular flexibility index (Phi) is 5.58. The fourth-order valence-corrected chi connectivity index (χ4v) is 4.32.